The number of anilines is 1. The molecule has 7 heteroatoms. The molecule has 2 unspecified atom stereocenters. The van der Waals surface area contributed by atoms with Crippen molar-refractivity contribution in [3.05, 3.63) is 5.69 Å². The van der Waals surface area contributed by atoms with E-state index >= 15 is 0 Å². The van der Waals surface area contributed by atoms with E-state index in [1.807, 2.05) is 0 Å². The Balaban J connectivity index is 1.68. The first kappa shape index (κ1) is 14.8. The monoisotopic (exact) mass is 281 g/mol. The highest BCUT2D eigenvalue weighted by molar-refractivity contribution is 5.79. The fraction of sp³-hybridized carbons (Fsp3) is 0.769. The van der Waals surface area contributed by atoms with Gasteiger partial charge in [-0.15, -0.1) is 0 Å². The van der Waals surface area contributed by atoms with Crippen LogP contribution in [0.3, 0.4) is 0 Å². The number of nitrogens with zero attached hydrogens (tertiary/aromatic N) is 3. The summed E-state index contributed by atoms with van der Waals surface area (Å²) in [6.07, 6.45) is 1.41. The van der Waals surface area contributed by atoms with E-state index in [0.717, 1.165) is 31.5 Å². The second-order valence-electron chi connectivity index (χ2n) is 5.83. The van der Waals surface area contributed by atoms with Crippen molar-refractivity contribution in [2.75, 3.05) is 31.9 Å². The molecule has 112 valence electrons. The Morgan fingerprint density at radius 3 is 2.70 bits per heavy atom. The zero-order valence-corrected chi connectivity index (χ0v) is 12.1. The molecule has 1 amide bonds. The van der Waals surface area contributed by atoms with Gasteiger partial charge in [0.05, 0.1) is 6.42 Å². The van der Waals surface area contributed by atoms with Gasteiger partial charge in [0, 0.05) is 26.2 Å². The summed E-state index contributed by atoms with van der Waals surface area (Å²) in [5.41, 5.74) is 5.90. The zero-order valence-electron chi connectivity index (χ0n) is 12.1. The Labute approximate surface area is 118 Å². The van der Waals surface area contributed by atoms with Crippen molar-refractivity contribution in [2.45, 2.75) is 26.7 Å². The van der Waals surface area contributed by atoms with Crippen LogP contribution in [-0.2, 0) is 11.2 Å². The minimum absolute atomic E-state index is 0.106. The molecule has 0 spiro atoms. The van der Waals surface area contributed by atoms with E-state index in [0.29, 0.717) is 12.2 Å². The summed E-state index contributed by atoms with van der Waals surface area (Å²) in [6, 6.07) is 0. The molecule has 0 radical (unpaired) electrons. The zero-order chi connectivity index (χ0) is 14.5. The van der Waals surface area contributed by atoms with Gasteiger partial charge in [0.25, 0.3) is 0 Å². The largest absolute Gasteiger partial charge is 0.379 e. The number of nitrogen functional groups attached to an aromatic ring is 1. The fourth-order valence-corrected chi connectivity index (χ4v) is 2.88. The average molecular weight is 281 g/mol. The molecule has 0 saturated carbocycles. The van der Waals surface area contributed by atoms with E-state index in [4.69, 9.17) is 5.73 Å². The quantitative estimate of drug-likeness (QED) is 0.805. The molecular formula is C13H23N5O2. The van der Waals surface area contributed by atoms with Gasteiger partial charge in [-0.3, -0.25) is 4.79 Å². The first-order valence-electron chi connectivity index (χ1n) is 7.10. The SMILES string of the molecule is CC1CC(C)CN(CCNC(=O)Cc2nonc2N)C1. The molecule has 1 aliphatic rings. The normalized spacial score (nSPS) is 23.7. The minimum atomic E-state index is -0.106. The summed E-state index contributed by atoms with van der Waals surface area (Å²) in [4.78, 5) is 14.1. The summed E-state index contributed by atoms with van der Waals surface area (Å²) in [6.45, 7) is 8.31. The lowest BCUT2D eigenvalue weighted by Gasteiger charge is -2.34. The van der Waals surface area contributed by atoms with Crippen LogP contribution in [0.25, 0.3) is 0 Å². The van der Waals surface area contributed by atoms with Crippen LogP contribution in [0.5, 0.6) is 0 Å². The van der Waals surface area contributed by atoms with Crippen molar-refractivity contribution in [1.82, 2.24) is 20.5 Å². The molecule has 2 heterocycles. The molecule has 1 fully saturated rings. The van der Waals surface area contributed by atoms with Crippen LogP contribution in [-0.4, -0.2) is 47.3 Å². The first-order chi connectivity index (χ1) is 9.54. The number of likely N-dealkylation sites (tertiary alicyclic amines) is 1. The van der Waals surface area contributed by atoms with Gasteiger partial charge in [0.1, 0.15) is 5.69 Å². The van der Waals surface area contributed by atoms with Crippen molar-refractivity contribution >= 4 is 11.7 Å². The van der Waals surface area contributed by atoms with Gasteiger partial charge in [0.15, 0.2) is 5.82 Å². The van der Waals surface area contributed by atoms with E-state index in [9.17, 15) is 4.79 Å². The van der Waals surface area contributed by atoms with Crippen molar-refractivity contribution in [3.8, 4) is 0 Å². The number of amides is 1. The second kappa shape index (κ2) is 6.69. The van der Waals surface area contributed by atoms with E-state index in [1.165, 1.54) is 6.42 Å². The Hall–Kier alpha value is -1.63. The first-order valence-corrected chi connectivity index (χ1v) is 7.10. The molecule has 1 aromatic rings. The Morgan fingerprint density at radius 2 is 2.10 bits per heavy atom. The lowest BCUT2D eigenvalue weighted by Crippen LogP contribution is -2.43. The predicted octanol–water partition coefficient (Wildman–Crippen LogP) is 0.288. The Bertz CT molecular complexity index is 438. The van der Waals surface area contributed by atoms with Crippen LogP contribution in [0.4, 0.5) is 5.82 Å². The number of carbonyl (C=O) groups is 1. The van der Waals surface area contributed by atoms with E-state index in [1.54, 1.807) is 0 Å². The number of aromatic nitrogens is 2. The highest BCUT2D eigenvalue weighted by Crippen LogP contribution is 2.20. The molecular weight excluding hydrogens is 258 g/mol. The Kier molecular flexibility index (Phi) is 4.94. The van der Waals surface area contributed by atoms with Crippen LogP contribution in [0.1, 0.15) is 26.0 Å². The highest BCUT2D eigenvalue weighted by Gasteiger charge is 2.21. The number of piperidine rings is 1. The smallest absolute Gasteiger partial charge is 0.226 e. The molecule has 7 nitrogen and oxygen atoms in total. The average Bonchev–Trinajstić information content (AvgIpc) is 2.73. The van der Waals surface area contributed by atoms with E-state index in [-0.39, 0.29) is 18.1 Å². The molecule has 1 saturated heterocycles. The van der Waals surface area contributed by atoms with Crippen molar-refractivity contribution in [3.63, 3.8) is 0 Å². The van der Waals surface area contributed by atoms with E-state index in [2.05, 4.69) is 39.0 Å². The van der Waals surface area contributed by atoms with Crippen LogP contribution in [0.15, 0.2) is 4.63 Å². The van der Waals surface area contributed by atoms with Gasteiger partial charge in [0.2, 0.25) is 5.91 Å². The van der Waals surface area contributed by atoms with Crippen molar-refractivity contribution in [2.24, 2.45) is 11.8 Å². The molecule has 1 aliphatic heterocycles. The maximum atomic E-state index is 11.7. The molecule has 1 aromatic heterocycles. The molecule has 2 rings (SSSR count). The molecule has 3 N–H and O–H groups in total. The minimum Gasteiger partial charge on any atom is -0.379 e. The van der Waals surface area contributed by atoms with Gasteiger partial charge >= 0.3 is 0 Å². The van der Waals surface area contributed by atoms with Crippen LogP contribution in [0, 0.1) is 11.8 Å². The maximum Gasteiger partial charge on any atom is 0.226 e. The summed E-state index contributed by atoms with van der Waals surface area (Å²) < 4.78 is 4.46. The third kappa shape index (κ3) is 4.19. The van der Waals surface area contributed by atoms with Gasteiger partial charge in [-0.25, -0.2) is 4.63 Å². The maximum absolute atomic E-state index is 11.7. The molecule has 2 atom stereocenters. The molecule has 0 aromatic carbocycles. The molecule has 0 aliphatic carbocycles. The standard InChI is InChI=1S/C13H23N5O2/c1-9-5-10(2)8-18(7-9)4-3-15-12(19)6-11-13(14)17-20-16-11/h9-10H,3-8H2,1-2H3,(H2,14,17)(H,15,19). The summed E-state index contributed by atoms with van der Waals surface area (Å²) in [7, 11) is 0. The van der Waals surface area contributed by atoms with Crippen LogP contribution >= 0.6 is 0 Å². The van der Waals surface area contributed by atoms with Gasteiger partial charge in [-0.1, -0.05) is 19.0 Å². The number of nitrogens with one attached hydrogen (secondary N) is 1. The van der Waals surface area contributed by atoms with Crippen molar-refractivity contribution in [1.29, 1.82) is 0 Å². The highest BCUT2D eigenvalue weighted by atomic mass is 16.6. The number of nitrogens with two attached hydrogens (primary N) is 1. The lowest BCUT2D eigenvalue weighted by atomic mass is 9.92. The Morgan fingerprint density at radius 1 is 1.40 bits per heavy atom. The lowest BCUT2D eigenvalue weighted by molar-refractivity contribution is -0.120. The predicted molar refractivity (Wildman–Crippen MR) is 74.8 cm³/mol. The molecule has 20 heavy (non-hydrogen) atoms. The topological polar surface area (TPSA) is 97.3 Å². The number of hydrogen-bond donors (Lipinski definition) is 2. The van der Waals surface area contributed by atoms with E-state index < -0.39 is 0 Å². The third-order valence-corrected chi connectivity index (χ3v) is 3.61. The van der Waals surface area contributed by atoms with Crippen LogP contribution in [0.2, 0.25) is 0 Å². The molecule has 0 bridgehead atoms. The summed E-state index contributed by atoms with van der Waals surface area (Å²) in [5.74, 6) is 1.54. The van der Waals surface area contributed by atoms with Crippen LogP contribution < -0.4 is 11.1 Å². The summed E-state index contributed by atoms with van der Waals surface area (Å²) >= 11 is 0. The summed E-state index contributed by atoms with van der Waals surface area (Å²) in [5, 5.41) is 9.91. The van der Waals surface area contributed by atoms with Crippen molar-refractivity contribution < 1.29 is 9.42 Å². The number of rotatable bonds is 5. The fourth-order valence-electron chi connectivity index (χ4n) is 2.88. The van der Waals surface area contributed by atoms with Gasteiger partial charge < -0.3 is 16.0 Å². The van der Waals surface area contributed by atoms with Gasteiger partial charge in [-0.05, 0) is 23.4 Å². The number of hydrogen-bond acceptors (Lipinski definition) is 6. The second-order valence-corrected chi connectivity index (χ2v) is 5.83. The third-order valence-electron chi connectivity index (χ3n) is 3.61. The number of carbonyl (C=O) groups excluding carboxylic acids is 1. The van der Waals surface area contributed by atoms with Gasteiger partial charge in [-0.2, -0.15) is 0 Å².